The molecule has 10 heteroatoms. The molecular weight excluding hydrogens is 504 g/mol. The van der Waals surface area contributed by atoms with E-state index in [1.54, 1.807) is 12.1 Å². The molecule has 0 bridgehead atoms. The van der Waals surface area contributed by atoms with E-state index in [9.17, 15) is 19.8 Å². The largest absolute Gasteiger partial charge is 0.493 e. The minimum Gasteiger partial charge on any atom is -0.493 e. The van der Waals surface area contributed by atoms with Crippen LogP contribution in [0.2, 0.25) is 0 Å². The topological polar surface area (TPSA) is 127 Å². The van der Waals surface area contributed by atoms with Crippen LogP contribution in [0, 0.1) is 22.7 Å². The first kappa shape index (κ1) is 29.3. The maximum Gasteiger partial charge on any atom is 0.411 e. The monoisotopic (exact) mass is 548 g/mol. The zero-order valence-corrected chi connectivity index (χ0v) is 23.8. The molecule has 0 spiro atoms. The fraction of sp³-hybridized carbons (Fsp3) is 0.724. The van der Waals surface area contributed by atoms with Crippen LogP contribution in [-0.2, 0) is 9.53 Å². The van der Waals surface area contributed by atoms with Crippen LogP contribution in [0.15, 0.2) is 12.1 Å². The van der Waals surface area contributed by atoms with Gasteiger partial charge in [0.25, 0.3) is 0 Å². The van der Waals surface area contributed by atoms with Crippen molar-refractivity contribution in [2.24, 2.45) is 22.7 Å². The number of ether oxygens (including phenoxy) is 4. The van der Waals surface area contributed by atoms with Gasteiger partial charge >= 0.3 is 6.09 Å². The Labute approximate surface area is 230 Å². The van der Waals surface area contributed by atoms with Crippen LogP contribution in [0.3, 0.4) is 0 Å². The fourth-order valence-electron chi connectivity index (χ4n) is 7.49. The quantitative estimate of drug-likeness (QED) is 0.448. The van der Waals surface area contributed by atoms with Gasteiger partial charge in [-0.1, -0.05) is 13.8 Å². The normalized spacial score (nSPS) is 32.2. The van der Waals surface area contributed by atoms with Crippen molar-refractivity contribution >= 4 is 17.7 Å². The lowest BCUT2D eigenvalue weighted by molar-refractivity contribution is -0.186. The highest BCUT2D eigenvalue weighted by Crippen LogP contribution is 2.61. The summed E-state index contributed by atoms with van der Waals surface area (Å²) in [7, 11) is 4.50. The third kappa shape index (κ3) is 5.50. The van der Waals surface area contributed by atoms with Gasteiger partial charge in [-0.2, -0.15) is 0 Å². The Bertz CT molecular complexity index is 1020. The first-order valence-corrected chi connectivity index (χ1v) is 14.0. The van der Waals surface area contributed by atoms with Crippen molar-refractivity contribution in [2.75, 3.05) is 46.3 Å². The molecule has 218 valence electrons. The average Bonchev–Trinajstić information content (AvgIpc) is 3.47. The summed E-state index contributed by atoms with van der Waals surface area (Å²) in [5.74, 6) is 1.08. The van der Waals surface area contributed by atoms with Crippen LogP contribution in [0.5, 0.6) is 17.2 Å². The molecule has 39 heavy (non-hydrogen) atoms. The van der Waals surface area contributed by atoms with Crippen LogP contribution in [0.4, 0.5) is 10.5 Å². The van der Waals surface area contributed by atoms with Crippen LogP contribution in [0.1, 0.15) is 58.8 Å². The molecule has 1 heterocycles. The number of aliphatic hydroxyl groups is 2. The molecule has 3 fully saturated rings. The summed E-state index contributed by atoms with van der Waals surface area (Å²) in [6.45, 7) is 5.50. The highest BCUT2D eigenvalue weighted by Gasteiger charge is 2.60. The Hall–Kier alpha value is -2.72. The Kier molecular flexibility index (Phi) is 8.85. The maximum absolute atomic E-state index is 13.1. The lowest BCUT2D eigenvalue weighted by Gasteiger charge is -2.60. The van der Waals surface area contributed by atoms with Gasteiger partial charge in [0.2, 0.25) is 11.7 Å². The number of hydrogen-bond acceptors (Lipinski definition) is 8. The van der Waals surface area contributed by atoms with Crippen molar-refractivity contribution in [3.63, 3.8) is 0 Å². The standard InChI is InChI=1S/C29H44N2O8/c1-28-11-10-24(39-27(35)30-18-14-21(36-3)26(38-5)22(15-18)37-4)29(2,17-32)23(28)9-8-20(33)19(28)16-25(34)31-12-6-7-13-31/h14-15,19-20,23-24,32-33H,6-13,16-17H2,1-5H3,(H,30,35). The second-order valence-corrected chi connectivity index (χ2v) is 11.7. The summed E-state index contributed by atoms with van der Waals surface area (Å²) in [6.07, 6.45) is 3.07. The molecule has 1 saturated heterocycles. The van der Waals surface area contributed by atoms with Gasteiger partial charge in [0.05, 0.1) is 39.7 Å². The van der Waals surface area contributed by atoms with Crippen LogP contribution in [0.25, 0.3) is 0 Å². The minimum atomic E-state index is -0.727. The fourth-order valence-corrected chi connectivity index (χ4v) is 7.49. The summed E-state index contributed by atoms with van der Waals surface area (Å²) < 4.78 is 22.1. The van der Waals surface area contributed by atoms with Crippen molar-refractivity contribution in [1.82, 2.24) is 4.90 Å². The van der Waals surface area contributed by atoms with Crippen molar-refractivity contribution in [2.45, 2.75) is 71.0 Å². The van der Waals surface area contributed by atoms with E-state index >= 15 is 0 Å². The predicted octanol–water partition coefficient (Wildman–Crippen LogP) is 3.83. The summed E-state index contributed by atoms with van der Waals surface area (Å²) in [5.41, 5.74) is -0.672. The number of nitrogens with zero attached hydrogens (tertiary/aromatic N) is 1. The number of nitrogens with one attached hydrogen (secondary N) is 1. The zero-order chi connectivity index (χ0) is 28.4. The lowest BCUT2D eigenvalue weighted by atomic mass is 9.46. The second-order valence-electron chi connectivity index (χ2n) is 11.7. The first-order valence-electron chi connectivity index (χ1n) is 14.0. The number of carbonyl (C=O) groups excluding carboxylic acids is 2. The molecule has 4 rings (SSSR count). The van der Waals surface area contributed by atoms with Gasteiger partial charge in [-0.05, 0) is 55.8 Å². The van der Waals surface area contributed by atoms with Crippen molar-refractivity contribution in [3.05, 3.63) is 12.1 Å². The first-order chi connectivity index (χ1) is 18.6. The summed E-state index contributed by atoms with van der Waals surface area (Å²) >= 11 is 0. The predicted molar refractivity (Wildman–Crippen MR) is 145 cm³/mol. The number of methoxy groups -OCH3 is 3. The number of aliphatic hydroxyl groups excluding tert-OH is 2. The Morgan fingerprint density at radius 2 is 1.67 bits per heavy atom. The molecule has 0 radical (unpaired) electrons. The smallest absolute Gasteiger partial charge is 0.411 e. The molecule has 1 aromatic carbocycles. The average molecular weight is 549 g/mol. The zero-order valence-electron chi connectivity index (χ0n) is 23.8. The SMILES string of the molecule is COc1cc(NC(=O)OC2CCC3(C)C(CC(=O)N4CCCC4)C(O)CCC3C2(C)CO)cc(OC)c1OC. The number of rotatable bonds is 8. The highest BCUT2D eigenvalue weighted by atomic mass is 16.6. The Morgan fingerprint density at radius 1 is 1.03 bits per heavy atom. The lowest BCUT2D eigenvalue weighted by Crippen LogP contribution is -2.61. The van der Waals surface area contributed by atoms with Gasteiger partial charge in [-0.3, -0.25) is 10.1 Å². The van der Waals surface area contributed by atoms with E-state index in [-0.39, 0.29) is 29.8 Å². The molecule has 6 unspecified atom stereocenters. The van der Waals surface area contributed by atoms with E-state index < -0.39 is 23.7 Å². The Balaban J connectivity index is 1.50. The number of amides is 2. The molecule has 1 aliphatic heterocycles. The molecular formula is C29H44N2O8. The van der Waals surface area contributed by atoms with Crippen molar-refractivity contribution in [3.8, 4) is 17.2 Å². The van der Waals surface area contributed by atoms with Gasteiger partial charge in [0.1, 0.15) is 6.10 Å². The van der Waals surface area contributed by atoms with Crippen LogP contribution in [-0.4, -0.2) is 80.3 Å². The molecule has 10 nitrogen and oxygen atoms in total. The van der Waals surface area contributed by atoms with Gasteiger partial charge in [-0.25, -0.2) is 4.79 Å². The molecule has 2 amide bonds. The molecule has 3 N–H and O–H groups in total. The highest BCUT2D eigenvalue weighted by molar-refractivity contribution is 5.86. The van der Waals surface area contributed by atoms with E-state index in [1.807, 2.05) is 11.8 Å². The number of benzene rings is 1. The van der Waals surface area contributed by atoms with Crippen LogP contribution >= 0.6 is 0 Å². The van der Waals surface area contributed by atoms with E-state index in [4.69, 9.17) is 18.9 Å². The number of fused-ring (bicyclic) bond motifs is 1. The number of carbonyl (C=O) groups is 2. The molecule has 1 aromatic rings. The minimum absolute atomic E-state index is 0.0255. The van der Waals surface area contributed by atoms with E-state index in [2.05, 4.69) is 12.2 Å². The summed E-state index contributed by atoms with van der Waals surface area (Å²) in [4.78, 5) is 28.1. The Morgan fingerprint density at radius 3 is 2.23 bits per heavy atom. The molecule has 3 aliphatic rings. The maximum atomic E-state index is 13.1. The van der Waals surface area contributed by atoms with Gasteiger partial charge < -0.3 is 34.1 Å². The van der Waals surface area contributed by atoms with E-state index in [0.29, 0.717) is 55.0 Å². The number of likely N-dealkylation sites (tertiary alicyclic amines) is 1. The summed E-state index contributed by atoms with van der Waals surface area (Å²) in [5, 5.41) is 24.5. The van der Waals surface area contributed by atoms with E-state index in [0.717, 1.165) is 25.9 Å². The third-order valence-electron chi connectivity index (χ3n) is 9.69. The van der Waals surface area contributed by atoms with Gasteiger partial charge in [0.15, 0.2) is 11.5 Å². The van der Waals surface area contributed by atoms with Gasteiger partial charge in [-0.15, -0.1) is 0 Å². The molecule has 2 aliphatic carbocycles. The number of anilines is 1. The summed E-state index contributed by atoms with van der Waals surface area (Å²) in [6, 6.07) is 3.24. The third-order valence-corrected chi connectivity index (χ3v) is 9.69. The molecule has 0 aromatic heterocycles. The van der Waals surface area contributed by atoms with Crippen molar-refractivity contribution < 1.29 is 38.7 Å². The molecule has 2 saturated carbocycles. The number of hydrogen-bond donors (Lipinski definition) is 3. The van der Waals surface area contributed by atoms with E-state index in [1.165, 1.54) is 21.3 Å². The molecule has 6 atom stereocenters. The van der Waals surface area contributed by atoms with Crippen molar-refractivity contribution in [1.29, 1.82) is 0 Å². The van der Waals surface area contributed by atoms with Gasteiger partial charge in [0, 0.05) is 37.1 Å². The second kappa shape index (κ2) is 11.8. The van der Waals surface area contributed by atoms with Crippen LogP contribution < -0.4 is 19.5 Å².